The maximum atomic E-state index is 13.0. The summed E-state index contributed by atoms with van der Waals surface area (Å²) in [6, 6.07) is 6.06. The number of aryl methyl sites for hydroxylation is 1. The molecular weight excluding hydrogens is 446 g/mol. The molecule has 0 bridgehead atoms. The number of nitrogens with one attached hydrogen (secondary N) is 2. The van der Waals surface area contributed by atoms with Gasteiger partial charge >= 0.3 is 5.69 Å². The molecule has 3 fully saturated rings. The number of carbonyl (C=O) groups is 2. The molecule has 3 heterocycles. The largest absolute Gasteiger partial charge is 0.378 e. The number of aromatic nitrogens is 2. The van der Waals surface area contributed by atoms with Crippen LogP contribution in [0.3, 0.4) is 0 Å². The van der Waals surface area contributed by atoms with Gasteiger partial charge in [-0.1, -0.05) is 6.07 Å². The fraction of sp³-hybridized carbons (Fsp3) is 0.654. The van der Waals surface area contributed by atoms with E-state index in [0.717, 1.165) is 62.5 Å². The van der Waals surface area contributed by atoms with Crippen molar-refractivity contribution in [3.8, 4) is 0 Å². The van der Waals surface area contributed by atoms with Gasteiger partial charge in [0.1, 0.15) is 6.04 Å². The summed E-state index contributed by atoms with van der Waals surface area (Å²) in [5.41, 5.74) is 2.50. The second-order valence-electron chi connectivity index (χ2n) is 10.5. The average Bonchev–Trinajstić information content (AvgIpc) is 3.06. The van der Waals surface area contributed by atoms with E-state index in [0.29, 0.717) is 18.6 Å². The number of ether oxygens (including phenoxy) is 1. The lowest BCUT2D eigenvalue weighted by Gasteiger charge is -2.36. The number of carbonyl (C=O) groups excluding carboxylic acids is 2. The van der Waals surface area contributed by atoms with Crippen molar-refractivity contribution in [2.24, 2.45) is 13.0 Å². The lowest BCUT2D eigenvalue weighted by atomic mass is 9.89. The summed E-state index contributed by atoms with van der Waals surface area (Å²) in [4.78, 5) is 39.4. The Hall–Kier alpha value is -2.49. The molecule has 1 aromatic carbocycles. The average molecular weight is 484 g/mol. The van der Waals surface area contributed by atoms with E-state index in [1.165, 1.54) is 23.0 Å². The van der Waals surface area contributed by atoms with Crippen LogP contribution in [-0.2, 0) is 27.9 Å². The first-order chi connectivity index (χ1) is 16.9. The van der Waals surface area contributed by atoms with Crippen molar-refractivity contribution >= 4 is 22.8 Å². The molecule has 2 amide bonds. The third kappa shape index (κ3) is 5.08. The highest BCUT2D eigenvalue weighted by Crippen LogP contribution is 2.27. The third-order valence-corrected chi connectivity index (χ3v) is 8.17. The molecular formula is C26H37N5O4. The van der Waals surface area contributed by atoms with Gasteiger partial charge in [-0.2, -0.15) is 0 Å². The molecule has 1 atom stereocenters. The van der Waals surface area contributed by atoms with Crippen molar-refractivity contribution < 1.29 is 14.3 Å². The van der Waals surface area contributed by atoms with Crippen LogP contribution < -0.4 is 16.3 Å². The molecule has 0 radical (unpaired) electrons. The minimum atomic E-state index is -0.646. The molecule has 35 heavy (non-hydrogen) atoms. The summed E-state index contributed by atoms with van der Waals surface area (Å²) in [5, 5.41) is 5.66. The number of imide groups is 1. The van der Waals surface area contributed by atoms with Crippen molar-refractivity contribution in [3.63, 3.8) is 0 Å². The van der Waals surface area contributed by atoms with Gasteiger partial charge in [-0.15, -0.1) is 0 Å². The molecule has 0 spiro atoms. The minimum absolute atomic E-state index is 0.224. The van der Waals surface area contributed by atoms with Gasteiger partial charge in [0.15, 0.2) is 0 Å². The zero-order valence-electron chi connectivity index (χ0n) is 20.8. The highest BCUT2D eigenvalue weighted by atomic mass is 16.5. The molecule has 1 aromatic heterocycles. The Labute approximate surface area is 205 Å². The van der Waals surface area contributed by atoms with E-state index in [9.17, 15) is 14.4 Å². The Balaban J connectivity index is 1.16. The standard InChI is InChI=1S/C26H37N5O4/c1-27-19-14-20(15-19)35-12-9-17-7-10-30(11-8-17)16-18-3-4-21-23(13-18)29(2)26(34)31(21)22-5-6-24(32)28-25(22)33/h3-4,13,17,19-20,22,27H,5-12,14-16H2,1-2H3,(H,28,32,33). The van der Waals surface area contributed by atoms with Gasteiger partial charge in [-0.25, -0.2) is 4.79 Å². The molecule has 1 aliphatic carbocycles. The summed E-state index contributed by atoms with van der Waals surface area (Å²) in [5.74, 6) is 0.0551. The Morgan fingerprint density at radius 3 is 2.57 bits per heavy atom. The summed E-state index contributed by atoms with van der Waals surface area (Å²) >= 11 is 0. The number of piperidine rings is 2. The first-order valence-electron chi connectivity index (χ1n) is 13.0. The van der Waals surface area contributed by atoms with Crippen LogP contribution in [0.15, 0.2) is 23.0 Å². The smallest absolute Gasteiger partial charge is 0.329 e. The number of benzene rings is 1. The van der Waals surface area contributed by atoms with E-state index < -0.39 is 11.9 Å². The lowest BCUT2D eigenvalue weighted by molar-refractivity contribution is -0.135. The van der Waals surface area contributed by atoms with Crippen LogP contribution >= 0.6 is 0 Å². The van der Waals surface area contributed by atoms with Crippen molar-refractivity contribution in [1.82, 2.24) is 24.7 Å². The van der Waals surface area contributed by atoms with E-state index in [-0.39, 0.29) is 18.0 Å². The van der Waals surface area contributed by atoms with Crippen molar-refractivity contribution in [3.05, 3.63) is 34.2 Å². The summed E-state index contributed by atoms with van der Waals surface area (Å²) in [7, 11) is 3.76. The molecule has 2 saturated heterocycles. The Kier molecular flexibility index (Phi) is 7.09. The molecule has 2 aliphatic heterocycles. The van der Waals surface area contributed by atoms with Gasteiger partial charge in [-0.05, 0) is 82.3 Å². The Bertz CT molecular complexity index is 1140. The molecule has 2 N–H and O–H groups in total. The zero-order valence-corrected chi connectivity index (χ0v) is 20.8. The molecule has 9 nitrogen and oxygen atoms in total. The van der Waals surface area contributed by atoms with E-state index >= 15 is 0 Å². The predicted molar refractivity (Wildman–Crippen MR) is 133 cm³/mol. The monoisotopic (exact) mass is 483 g/mol. The van der Waals surface area contributed by atoms with Crippen molar-refractivity contribution in [2.45, 2.75) is 69.7 Å². The number of imidazole rings is 1. The number of likely N-dealkylation sites (tertiary alicyclic amines) is 1. The van der Waals surface area contributed by atoms with Gasteiger partial charge < -0.3 is 10.1 Å². The highest BCUT2D eigenvalue weighted by Gasteiger charge is 2.31. The third-order valence-electron chi connectivity index (χ3n) is 8.17. The van der Waals surface area contributed by atoms with Gasteiger partial charge in [0.2, 0.25) is 11.8 Å². The Morgan fingerprint density at radius 2 is 1.86 bits per heavy atom. The molecule has 2 aromatic rings. The number of hydrogen-bond donors (Lipinski definition) is 2. The quantitative estimate of drug-likeness (QED) is 0.555. The maximum absolute atomic E-state index is 13.0. The fourth-order valence-electron chi connectivity index (χ4n) is 5.77. The molecule has 9 heteroatoms. The number of rotatable bonds is 8. The van der Waals surface area contributed by atoms with Crippen LogP contribution in [-0.4, -0.2) is 64.7 Å². The van der Waals surface area contributed by atoms with Crippen LogP contribution in [0.4, 0.5) is 0 Å². The van der Waals surface area contributed by atoms with Crippen LogP contribution in [0.5, 0.6) is 0 Å². The number of amides is 2. The normalized spacial score (nSPS) is 26.2. The van der Waals surface area contributed by atoms with Gasteiger partial charge in [0, 0.05) is 32.7 Å². The summed E-state index contributed by atoms with van der Waals surface area (Å²) < 4.78 is 9.18. The van der Waals surface area contributed by atoms with E-state index in [1.54, 1.807) is 11.6 Å². The SMILES string of the molecule is CNC1CC(OCCC2CCN(Cc3ccc4c(c3)n(C)c(=O)n4C3CCC(=O)NC3=O)CC2)C1. The van der Waals surface area contributed by atoms with Crippen LogP contribution in [0.25, 0.3) is 11.0 Å². The minimum Gasteiger partial charge on any atom is -0.378 e. The first-order valence-corrected chi connectivity index (χ1v) is 13.0. The van der Waals surface area contributed by atoms with E-state index in [1.807, 2.05) is 13.1 Å². The second-order valence-corrected chi connectivity index (χ2v) is 10.5. The van der Waals surface area contributed by atoms with Crippen LogP contribution in [0, 0.1) is 5.92 Å². The van der Waals surface area contributed by atoms with E-state index in [2.05, 4.69) is 27.7 Å². The van der Waals surface area contributed by atoms with E-state index in [4.69, 9.17) is 4.74 Å². The molecule has 190 valence electrons. The summed E-state index contributed by atoms with van der Waals surface area (Å²) in [6.45, 7) is 3.87. The van der Waals surface area contributed by atoms with Crippen LogP contribution in [0.1, 0.15) is 56.6 Å². The molecule has 5 rings (SSSR count). The molecule has 3 aliphatic rings. The second kappa shape index (κ2) is 10.2. The number of nitrogens with zero attached hydrogens (tertiary/aromatic N) is 3. The van der Waals surface area contributed by atoms with Gasteiger partial charge in [-0.3, -0.25) is 28.9 Å². The number of fused-ring (bicyclic) bond motifs is 1. The van der Waals surface area contributed by atoms with Crippen molar-refractivity contribution in [2.75, 3.05) is 26.7 Å². The zero-order chi connectivity index (χ0) is 24.5. The molecule has 1 saturated carbocycles. The number of hydrogen-bond acceptors (Lipinski definition) is 6. The van der Waals surface area contributed by atoms with Crippen molar-refractivity contribution in [1.29, 1.82) is 0 Å². The Morgan fingerprint density at radius 1 is 1.09 bits per heavy atom. The lowest BCUT2D eigenvalue weighted by Crippen LogP contribution is -2.44. The molecule has 1 unspecified atom stereocenters. The fourth-order valence-corrected chi connectivity index (χ4v) is 5.77. The highest BCUT2D eigenvalue weighted by molar-refractivity contribution is 6.00. The topological polar surface area (TPSA) is 97.6 Å². The maximum Gasteiger partial charge on any atom is 0.329 e. The van der Waals surface area contributed by atoms with Gasteiger partial charge in [0.05, 0.1) is 17.1 Å². The van der Waals surface area contributed by atoms with Gasteiger partial charge in [0.25, 0.3) is 0 Å². The first kappa shape index (κ1) is 24.2. The predicted octanol–water partition coefficient (Wildman–Crippen LogP) is 1.69. The summed E-state index contributed by atoms with van der Waals surface area (Å²) in [6.07, 6.45) is 6.86. The van der Waals surface area contributed by atoms with Crippen LogP contribution in [0.2, 0.25) is 0 Å².